The lowest BCUT2D eigenvalue weighted by atomic mass is 10.2. The van der Waals surface area contributed by atoms with E-state index in [2.05, 4.69) is 0 Å². The second kappa shape index (κ2) is 4.15. The van der Waals surface area contributed by atoms with E-state index in [1.54, 1.807) is 18.2 Å². The van der Waals surface area contributed by atoms with Gasteiger partial charge in [-0.2, -0.15) is 0 Å². The molecule has 1 aromatic heterocycles. The molecule has 0 atom stereocenters. The maximum absolute atomic E-state index is 10.7. The molecule has 0 aliphatic heterocycles. The van der Waals surface area contributed by atoms with E-state index in [0.29, 0.717) is 5.02 Å². The van der Waals surface area contributed by atoms with Gasteiger partial charge >= 0.3 is 0 Å². The van der Waals surface area contributed by atoms with Gasteiger partial charge in [0.15, 0.2) is 0 Å². The summed E-state index contributed by atoms with van der Waals surface area (Å²) in [4.78, 5) is 11.6. The zero-order valence-corrected chi connectivity index (χ0v) is 9.64. The predicted molar refractivity (Wildman–Crippen MR) is 63.5 cm³/mol. The number of carbonyl (C=O) groups excluding carboxylic acids is 1. The Kier molecular flexibility index (Phi) is 2.85. The average molecular weight is 253 g/mol. The maximum atomic E-state index is 10.7. The number of thiophene rings is 1. The quantitative estimate of drug-likeness (QED) is 0.889. The molecular formula is C11H7ClNO2S-. The van der Waals surface area contributed by atoms with Gasteiger partial charge in [0.05, 0.1) is 16.5 Å². The molecule has 0 unspecified atom stereocenters. The maximum Gasteiger partial charge on any atom is 0.0836 e. The van der Waals surface area contributed by atoms with Crippen molar-refractivity contribution >= 4 is 34.6 Å². The van der Waals surface area contributed by atoms with E-state index in [-0.39, 0.29) is 10.6 Å². The van der Waals surface area contributed by atoms with Crippen molar-refractivity contribution in [3.8, 4) is 10.4 Å². The largest absolute Gasteiger partial charge is 0.544 e. The van der Waals surface area contributed by atoms with Crippen molar-refractivity contribution in [1.29, 1.82) is 0 Å². The summed E-state index contributed by atoms with van der Waals surface area (Å²) < 4.78 is 0. The highest BCUT2D eigenvalue weighted by atomic mass is 35.5. The number of nitrogens with two attached hydrogens (primary N) is 1. The SMILES string of the molecule is Nc1cc(-c2ccc(Cl)cc2)sc1C(=O)[O-]. The number of hydrogen-bond donors (Lipinski definition) is 1. The number of benzene rings is 1. The molecule has 2 N–H and O–H groups in total. The fourth-order valence-corrected chi connectivity index (χ4v) is 2.37. The zero-order valence-electron chi connectivity index (χ0n) is 8.07. The molecule has 0 bridgehead atoms. The van der Waals surface area contributed by atoms with Crippen LogP contribution in [-0.4, -0.2) is 5.97 Å². The van der Waals surface area contributed by atoms with E-state index in [1.807, 2.05) is 12.1 Å². The molecule has 16 heavy (non-hydrogen) atoms. The molecule has 0 fully saturated rings. The Labute approximate surface area is 101 Å². The topological polar surface area (TPSA) is 66.2 Å². The third kappa shape index (κ3) is 2.03. The van der Waals surface area contributed by atoms with Crippen molar-refractivity contribution in [2.45, 2.75) is 0 Å². The number of carboxylic acids is 1. The van der Waals surface area contributed by atoms with Crippen LogP contribution in [0.5, 0.6) is 0 Å². The first kappa shape index (κ1) is 11.0. The molecule has 82 valence electrons. The van der Waals surface area contributed by atoms with Gasteiger partial charge in [-0.25, -0.2) is 0 Å². The fourth-order valence-electron chi connectivity index (χ4n) is 1.32. The van der Waals surface area contributed by atoms with Crippen LogP contribution in [0.4, 0.5) is 5.69 Å². The summed E-state index contributed by atoms with van der Waals surface area (Å²) >= 11 is 6.86. The van der Waals surface area contributed by atoms with Gasteiger partial charge in [-0.05, 0) is 23.8 Å². The molecule has 0 aliphatic rings. The molecule has 0 amide bonds. The lowest BCUT2D eigenvalue weighted by Crippen LogP contribution is -2.21. The van der Waals surface area contributed by atoms with Crippen molar-refractivity contribution in [1.82, 2.24) is 0 Å². The molecule has 2 rings (SSSR count). The Morgan fingerprint density at radius 3 is 2.44 bits per heavy atom. The van der Waals surface area contributed by atoms with Crippen LogP contribution in [0, 0.1) is 0 Å². The van der Waals surface area contributed by atoms with Gasteiger partial charge in [0.1, 0.15) is 0 Å². The van der Waals surface area contributed by atoms with Gasteiger partial charge in [0, 0.05) is 9.90 Å². The number of carboxylic acid groups (broad SMARTS) is 1. The van der Waals surface area contributed by atoms with Crippen LogP contribution in [0.2, 0.25) is 5.02 Å². The van der Waals surface area contributed by atoms with Crippen LogP contribution in [-0.2, 0) is 0 Å². The van der Waals surface area contributed by atoms with E-state index in [9.17, 15) is 9.90 Å². The van der Waals surface area contributed by atoms with E-state index in [1.165, 1.54) is 0 Å². The number of aromatic carboxylic acids is 1. The standard InChI is InChI=1S/C11H8ClNO2S/c12-7-3-1-6(2-4-7)9-5-8(13)10(16-9)11(14)15/h1-5H,13H2,(H,14,15)/p-1. The van der Waals surface area contributed by atoms with Gasteiger partial charge in [0.2, 0.25) is 0 Å². The van der Waals surface area contributed by atoms with E-state index in [4.69, 9.17) is 17.3 Å². The molecule has 0 spiro atoms. The van der Waals surface area contributed by atoms with Gasteiger partial charge in [0.25, 0.3) is 0 Å². The van der Waals surface area contributed by atoms with Gasteiger partial charge in [-0.3, -0.25) is 0 Å². The minimum atomic E-state index is -1.25. The van der Waals surface area contributed by atoms with Gasteiger partial charge in [-0.1, -0.05) is 23.7 Å². The number of carbonyl (C=O) groups is 1. The number of rotatable bonds is 2. The van der Waals surface area contributed by atoms with Crippen LogP contribution in [0.1, 0.15) is 9.67 Å². The van der Waals surface area contributed by atoms with Crippen LogP contribution in [0.25, 0.3) is 10.4 Å². The lowest BCUT2D eigenvalue weighted by molar-refractivity contribution is -0.254. The molecule has 0 aliphatic carbocycles. The van der Waals surface area contributed by atoms with Crippen LogP contribution in [0.15, 0.2) is 30.3 Å². The highest BCUT2D eigenvalue weighted by molar-refractivity contribution is 7.17. The third-order valence-electron chi connectivity index (χ3n) is 2.07. The number of nitrogen functional groups attached to an aromatic ring is 1. The molecule has 0 saturated heterocycles. The smallest absolute Gasteiger partial charge is 0.0836 e. The summed E-state index contributed by atoms with van der Waals surface area (Å²) in [6.45, 7) is 0. The Morgan fingerprint density at radius 2 is 1.94 bits per heavy atom. The zero-order chi connectivity index (χ0) is 11.7. The van der Waals surface area contributed by atoms with E-state index in [0.717, 1.165) is 21.8 Å². The third-order valence-corrected chi connectivity index (χ3v) is 3.51. The molecule has 0 saturated carbocycles. The Balaban J connectivity index is 2.45. The van der Waals surface area contributed by atoms with Crippen LogP contribution >= 0.6 is 22.9 Å². The second-order valence-electron chi connectivity index (χ2n) is 3.19. The van der Waals surface area contributed by atoms with Crippen LogP contribution in [0.3, 0.4) is 0 Å². The molecule has 5 heteroatoms. The fraction of sp³-hybridized carbons (Fsp3) is 0. The molecule has 3 nitrogen and oxygen atoms in total. The minimum absolute atomic E-state index is 0.0601. The van der Waals surface area contributed by atoms with Crippen molar-refractivity contribution in [2.24, 2.45) is 0 Å². The van der Waals surface area contributed by atoms with E-state index < -0.39 is 5.97 Å². The Hall–Kier alpha value is -1.52. The molecule has 0 radical (unpaired) electrons. The minimum Gasteiger partial charge on any atom is -0.544 e. The molecule has 1 heterocycles. The van der Waals surface area contributed by atoms with E-state index >= 15 is 0 Å². The average Bonchev–Trinajstić information content (AvgIpc) is 2.61. The molecule has 2 aromatic rings. The number of anilines is 1. The van der Waals surface area contributed by atoms with Crippen molar-refractivity contribution in [3.63, 3.8) is 0 Å². The lowest BCUT2D eigenvalue weighted by Gasteiger charge is -1.98. The Morgan fingerprint density at radius 1 is 1.31 bits per heavy atom. The summed E-state index contributed by atoms with van der Waals surface area (Å²) in [6, 6.07) is 8.73. The first-order chi connectivity index (χ1) is 7.58. The summed E-state index contributed by atoms with van der Waals surface area (Å²) in [7, 11) is 0. The van der Waals surface area contributed by atoms with Crippen LogP contribution < -0.4 is 10.8 Å². The van der Waals surface area contributed by atoms with Crippen molar-refractivity contribution in [2.75, 3.05) is 5.73 Å². The monoisotopic (exact) mass is 252 g/mol. The first-order valence-electron chi connectivity index (χ1n) is 4.44. The van der Waals surface area contributed by atoms with Crippen molar-refractivity contribution in [3.05, 3.63) is 40.2 Å². The number of halogens is 1. The number of hydrogen-bond acceptors (Lipinski definition) is 4. The second-order valence-corrected chi connectivity index (χ2v) is 4.68. The summed E-state index contributed by atoms with van der Waals surface area (Å²) in [5.74, 6) is -1.25. The Bertz CT molecular complexity index is 533. The molecular weight excluding hydrogens is 246 g/mol. The predicted octanol–water partition coefficient (Wildman–Crippen LogP) is 2.01. The highest BCUT2D eigenvalue weighted by Gasteiger charge is 2.08. The van der Waals surface area contributed by atoms with Gasteiger partial charge in [-0.15, -0.1) is 11.3 Å². The summed E-state index contributed by atoms with van der Waals surface area (Å²) in [5.41, 5.74) is 6.69. The normalized spacial score (nSPS) is 10.3. The highest BCUT2D eigenvalue weighted by Crippen LogP contribution is 2.33. The van der Waals surface area contributed by atoms with Gasteiger partial charge < -0.3 is 15.6 Å². The summed E-state index contributed by atoms with van der Waals surface area (Å²) in [5, 5.41) is 11.4. The van der Waals surface area contributed by atoms with Crippen molar-refractivity contribution < 1.29 is 9.90 Å². The summed E-state index contributed by atoms with van der Waals surface area (Å²) in [6.07, 6.45) is 0. The first-order valence-corrected chi connectivity index (χ1v) is 5.64. The molecule has 1 aromatic carbocycles.